The van der Waals surface area contributed by atoms with Gasteiger partial charge in [0.25, 0.3) is 0 Å². The Morgan fingerprint density at radius 3 is 3.11 bits per heavy atom. The number of nitrogens with one attached hydrogen (secondary N) is 1. The molecular weight excluding hydrogens is 258 g/mol. The van der Waals surface area contributed by atoms with Crippen LogP contribution in [0.4, 0.5) is 0 Å². The number of nitrogens with zero attached hydrogens (tertiary/aromatic N) is 2. The summed E-state index contributed by atoms with van der Waals surface area (Å²) in [6.45, 7) is 4.62. The first-order valence-electron chi connectivity index (χ1n) is 7.47. The molecule has 3 atom stereocenters. The third-order valence-corrected chi connectivity index (χ3v) is 5.71. The van der Waals surface area contributed by atoms with Crippen molar-refractivity contribution in [2.24, 2.45) is 11.8 Å². The molecule has 1 aromatic heterocycles. The Hall–Kier alpha value is -0.550. The van der Waals surface area contributed by atoms with Gasteiger partial charge in [-0.2, -0.15) is 16.7 Å². The molecule has 19 heavy (non-hydrogen) atoms. The van der Waals surface area contributed by atoms with Crippen LogP contribution in [-0.2, 0) is 6.42 Å². The van der Waals surface area contributed by atoms with Crippen LogP contribution in [0.15, 0.2) is 4.52 Å². The maximum Gasteiger partial charge on any atom is 0.226 e. The number of hydrogen-bond acceptors (Lipinski definition) is 5. The zero-order valence-corrected chi connectivity index (χ0v) is 12.4. The summed E-state index contributed by atoms with van der Waals surface area (Å²) in [5.41, 5.74) is 0. The first-order valence-corrected chi connectivity index (χ1v) is 8.52. The van der Waals surface area contributed by atoms with Crippen molar-refractivity contribution in [3.63, 3.8) is 0 Å². The molecule has 1 aromatic rings. The molecule has 0 aromatic carbocycles. The van der Waals surface area contributed by atoms with Gasteiger partial charge in [-0.3, -0.25) is 0 Å². The maximum absolute atomic E-state index is 5.44. The van der Waals surface area contributed by atoms with E-state index in [9.17, 15) is 0 Å². The molecule has 0 saturated carbocycles. The Bertz CT molecular complexity index is 397. The monoisotopic (exact) mass is 281 g/mol. The minimum atomic E-state index is 0.476. The highest BCUT2D eigenvalue weighted by molar-refractivity contribution is 7.99. The van der Waals surface area contributed by atoms with Crippen LogP contribution in [0, 0.1) is 11.8 Å². The average Bonchev–Trinajstić information content (AvgIpc) is 3.10. The Morgan fingerprint density at radius 2 is 2.37 bits per heavy atom. The Kier molecular flexibility index (Phi) is 4.43. The zero-order chi connectivity index (χ0) is 13.1. The van der Waals surface area contributed by atoms with Crippen LogP contribution in [0.3, 0.4) is 0 Å². The minimum Gasteiger partial charge on any atom is -0.339 e. The van der Waals surface area contributed by atoms with Crippen molar-refractivity contribution in [1.82, 2.24) is 15.5 Å². The number of thioether (sulfide) groups is 1. The third-order valence-electron chi connectivity index (χ3n) is 4.34. The third kappa shape index (κ3) is 3.31. The molecule has 2 aliphatic rings. The van der Waals surface area contributed by atoms with Crippen molar-refractivity contribution < 1.29 is 4.52 Å². The SMILES string of the molecule is CC(Cc1nc(C2CCCS2)no1)C1CCCNC1. The van der Waals surface area contributed by atoms with Gasteiger partial charge >= 0.3 is 0 Å². The van der Waals surface area contributed by atoms with Crippen LogP contribution >= 0.6 is 11.8 Å². The van der Waals surface area contributed by atoms with Gasteiger partial charge in [0.2, 0.25) is 5.89 Å². The van der Waals surface area contributed by atoms with Crippen molar-refractivity contribution in [2.75, 3.05) is 18.8 Å². The number of piperidine rings is 1. The van der Waals surface area contributed by atoms with Crippen molar-refractivity contribution in [3.05, 3.63) is 11.7 Å². The van der Waals surface area contributed by atoms with E-state index in [1.165, 1.54) is 38.0 Å². The quantitative estimate of drug-likeness (QED) is 0.919. The largest absolute Gasteiger partial charge is 0.339 e. The second-order valence-corrected chi connectivity index (χ2v) is 7.15. The van der Waals surface area contributed by atoms with E-state index in [1.807, 2.05) is 11.8 Å². The smallest absolute Gasteiger partial charge is 0.226 e. The van der Waals surface area contributed by atoms with Gasteiger partial charge in [-0.05, 0) is 56.4 Å². The van der Waals surface area contributed by atoms with E-state index in [2.05, 4.69) is 22.4 Å². The van der Waals surface area contributed by atoms with Crippen molar-refractivity contribution in [2.45, 2.75) is 44.3 Å². The normalized spacial score (nSPS) is 29.5. The van der Waals surface area contributed by atoms with Gasteiger partial charge in [0.15, 0.2) is 5.82 Å². The molecule has 2 fully saturated rings. The van der Waals surface area contributed by atoms with Gasteiger partial charge in [0, 0.05) is 6.42 Å². The summed E-state index contributed by atoms with van der Waals surface area (Å²) >= 11 is 1.96. The summed E-state index contributed by atoms with van der Waals surface area (Å²) in [6, 6.07) is 0. The lowest BCUT2D eigenvalue weighted by Crippen LogP contribution is -2.33. The zero-order valence-electron chi connectivity index (χ0n) is 11.6. The summed E-state index contributed by atoms with van der Waals surface area (Å²) in [4.78, 5) is 4.61. The summed E-state index contributed by atoms with van der Waals surface area (Å²) < 4.78 is 5.44. The summed E-state index contributed by atoms with van der Waals surface area (Å²) in [6.07, 6.45) is 6.03. The van der Waals surface area contributed by atoms with E-state index >= 15 is 0 Å². The molecule has 0 bridgehead atoms. The van der Waals surface area contributed by atoms with Gasteiger partial charge < -0.3 is 9.84 Å². The standard InChI is InChI=1S/C14H23N3OS/c1-10(11-4-2-6-15-9-11)8-13-16-14(17-18-13)12-5-3-7-19-12/h10-12,15H,2-9H2,1H3. The van der Waals surface area contributed by atoms with Crippen molar-refractivity contribution >= 4 is 11.8 Å². The Morgan fingerprint density at radius 1 is 1.42 bits per heavy atom. The molecule has 1 N–H and O–H groups in total. The fourth-order valence-corrected chi connectivity index (χ4v) is 4.27. The molecule has 0 radical (unpaired) electrons. The van der Waals surface area contributed by atoms with E-state index in [-0.39, 0.29) is 0 Å². The lowest BCUT2D eigenvalue weighted by molar-refractivity contribution is 0.256. The number of hydrogen-bond donors (Lipinski definition) is 1. The average molecular weight is 281 g/mol. The first kappa shape index (κ1) is 13.4. The van der Waals surface area contributed by atoms with E-state index in [0.717, 1.165) is 30.6 Å². The second kappa shape index (κ2) is 6.27. The lowest BCUT2D eigenvalue weighted by atomic mass is 9.85. The molecule has 106 valence electrons. The van der Waals surface area contributed by atoms with E-state index in [4.69, 9.17) is 4.52 Å². The fraction of sp³-hybridized carbons (Fsp3) is 0.857. The Labute approximate surface area is 119 Å². The van der Waals surface area contributed by atoms with Gasteiger partial charge in [-0.1, -0.05) is 12.1 Å². The van der Waals surface area contributed by atoms with E-state index in [1.54, 1.807) is 0 Å². The molecule has 3 rings (SSSR count). The molecule has 3 heterocycles. The van der Waals surface area contributed by atoms with Crippen LogP contribution in [0.5, 0.6) is 0 Å². The lowest BCUT2D eigenvalue weighted by Gasteiger charge is -2.27. The highest BCUT2D eigenvalue weighted by Crippen LogP contribution is 2.38. The predicted octanol–water partition coefficient (Wildman–Crippen LogP) is 2.82. The van der Waals surface area contributed by atoms with Crippen LogP contribution in [0.1, 0.15) is 49.6 Å². The highest BCUT2D eigenvalue weighted by atomic mass is 32.2. The molecule has 0 amide bonds. The van der Waals surface area contributed by atoms with E-state index < -0.39 is 0 Å². The molecule has 2 saturated heterocycles. The summed E-state index contributed by atoms with van der Waals surface area (Å²) in [5, 5.41) is 8.13. The predicted molar refractivity (Wildman–Crippen MR) is 77.2 cm³/mol. The topological polar surface area (TPSA) is 51.0 Å². The minimum absolute atomic E-state index is 0.476. The highest BCUT2D eigenvalue weighted by Gasteiger charge is 2.25. The molecule has 0 aliphatic carbocycles. The van der Waals surface area contributed by atoms with Crippen molar-refractivity contribution in [1.29, 1.82) is 0 Å². The molecular formula is C14H23N3OS. The molecule has 4 nitrogen and oxygen atoms in total. The molecule has 2 aliphatic heterocycles. The van der Waals surface area contributed by atoms with E-state index in [0.29, 0.717) is 11.2 Å². The molecule has 0 spiro atoms. The molecule has 5 heteroatoms. The van der Waals surface area contributed by atoms with Gasteiger partial charge in [0.1, 0.15) is 0 Å². The van der Waals surface area contributed by atoms with Gasteiger partial charge in [-0.15, -0.1) is 0 Å². The van der Waals surface area contributed by atoms with Crippen molar-refractivity contribution in [3.8, 4) is 0 Å². The van der Waals surface area contributed by atoms with Crippen LogP contribution < -0.4 is 5.32 Å². The maximum atomic E-state index is 5.44. The summed E-state index contributed by atoms with van der Waals surface area (Å²) in [7, 11) is 0. The number of aromatic nitrogens is 2. The van der Waals surface area contributed by atoms with Crippen LogP contribution in [0.2, 0.25) is 0 Å². The van der Waals surface area contributed by atoms with Gasteiger partial charge in [-0.25, -0.2) is 0 Å². The number of rotatable bonds is 4. The Balaban J connectivity index is 1.56. The van der Waals surface area contributed by atoms with Gasteiger partial charge in [0.05, 0.1) is 5.25 Å². The second-order valence-electron chi connectivity index (χ2n) is 5.84. The van der Waals surface area contributed by atoms with Crippen LogP contribution in [0.25, 0.3) is 0 Å². The fourth-order valence-electron chi connectivity index (χ4n) is 3.07. The van der Waals surface area contributed by atoms with Crippen LogP contribution in [-0.4, -0.2) is 29.0 Å². The summed E-state index contributed by atoms with van der Waals surface area (Å²) in [5.74, 6) is 4.37. The first-order chi connectivity index (χ1) is 9.33. The molecule has 3 unspecified atom stereocenters.